The van der Waals surface area contributed by atoms with Gasteiger partial charge in [-0.2, -0.15) is 0 Å². The van der Waals surface area contributed by atoms with Crippen LogP contribution in [0.4, 0.5) is 0 Å². The number of ether oxygens (including phenoxy) is 1. The third-order valence-corrected chi connectivity index (χ3v) is 2.84. The lowest BCUT2D eigenvalue weighted by Crippen LogP contribution is -2.22. The van der Waals surface area contributed by atoms with E-state index >= 15 is 0 Å². The predicted molar refractivity (Wildman–Crippen MR) is 45.2 cm³/mol. The van der Waals surface area contributed by atoms with E-state index in [1.165, 1.54) is 25.7 Å². The zero-order valence-electron chi connectivity index (χ0n) is 7.47. The second-order valence-electron chi connectivity index (χ2n) is 4.45. The van der Waals surface area contributed by atoms with Gasteiger partial charge in [0.05, 0.1) is 11.7 Å². The van der Waals surface area contributed by atoms with E-state index in [-0.39, 0.29) is 5.60 Å². The quantitative estimate of drug-likeness (QED) is 0.519. The fraction of sp³-hybridized carbons (Fsp3) is 0.900. The molecule has 0 aromatic heterocycles. The van der Waals surface area contributed by atoms with Gasteiger partial charge in [-0.25, -0.2) is 0 Å². The topological polar surface area (TPSA) is 9.23 Å². The molecule has 63 valence electrons. The molecule has 1 saturated heterocycles. The Labute approximate surface area is 69.1 Å². The summed E-state index contributed by atoms with van der Waals surface area (Å²) in [5, 5.41) is 0. The third-order valence-electron chi connectivity index (χ3n) is 2.84. The van der Waals surface area contributed by atoms with E-state index in [9.17, 15) is 0 Å². The van der Waals surface area contributed by atoms with Crippen LogP contribution in [0.3, 0.4) is 0 Å². The summed E-state index contributed by atoms with van der Waals surface area (Å²) in [5.41, 5.74) is 0.149. The van der Waals surface area contributed by atoms with Crippen LogP contribution < -0.4 is 0 Å². The average molecular weight is 153 g/mol. The van der Waals surface area contributed by atoms with Crippen molar-refractivity contribution in [1.82, 2.24) is 0 Å². The fourth-order valence-corrected chi connectivity index (χ4v) is 2.40. The Hall–Kier alpha value is -0.0400. The molecule has 0 aromatic rings. The summed E-state index contributed by atoms with van der Waals surface area (Å²) in [6, 6.07) is 0. The molecule has 2 fully saturated rings. The molecule has 2 rings (SSSR count). The van der Waals surface area contributed by atoms with Gasteiger partial charge in [0.15, 0.2) is 0 Å². The molecule has 1 saturated carbocycles. The first-order valence-corrected chi connectivity index (χ1v) is 4.68. The van der Waals surface area contributed by atoms with Gasteiger partial charge >= 0.3 is 0 Å². The van der Waals surface area contributed by atoms with E-state index in [4.69, 9.17) is 4.74 Å². The van der Waals surface area contributed by atoms with Gasteiger partial charge in [0, 0.05) is 0 Å². The van der Waals surface area contributed by atoms with Crippen molar-refractivity contribution in [3.63, 3.8) is 0 Å². The highest BCUT2D eigenvalue weighted by molar-refractivity contribution is 4.97. The summed E-state index contributed by atoms with van der Waals surface area (Å²) >= 11 is 0. The average Bonchev–Trinajstić information content (AvgIpc) is 2.21. The summed E-state index contributed by atoms with van der Waals surface area (Å²) in [7, 11) is 0. The Morgan fingerprint density at radius 1 is 1.45 bits per heavy atom. The Balaban J connectivity index is 2.03. The number of rotatable bonds is 0. The van der Waals surface area contributed by atoms with Crippen LogP contribution in [0, 0.1) is 12.3 Å². The molecule has 2 unspecified atom stereocenters. The minimum atomic E-state index is 0.149. The van der Waals surface area contributed by atoms with Gasteiger partial charge in [0.1, 0.15) is 0 Å². The van der Waals surface area contributed by atoms with Crippen LogP contribution in [-0.4, -0.2) is 11.7 Å². The monoisotopic (exact) mass is 153 g/mol. The molecule has 1 nitrogen and oxygen atoms in total. The van der Waals surface area contributed by atoms with Gasteiger partial charge in [-0.05, 0) is 45.4 Å². The highest BCUT2D eigenvalue weighted by Crippen LogP contribution is 2.41. The zero-order chi connectivity index (χ0) is 7.90. The molecule has 2 aliphatic rings. The highest BCUT2D eigenvalue weighted by Gasteiger charge is 2.40. The van der Waals surface area contributed by atoms with Crippen LogP contribution in [0.2, 0.25) is 0 Å². The van der Waals surface area contributed by atoms with Gasteiger partial charge in [-0.1, -0.05) is 6.42 Å². The molecule has 11 heavy (non-hydrogen) atoms. The molecular weight excluding hydrogens is 136 g/mol. The fourth-order valence-electron chi connectivity index (χ4n) is 2.40. The summed E-state index contributed by atoms with van der Waals surface area (Å²) in [6.07, 6.45) is 8.17. The van der Waals surface area contributed by atoms with Crippen molar-refractivity contribution >= 4 is 0 Å². The Morgan fingerprint density at radius 2 is 2.27 bits per heavy atom. The molecular formula is C10H17O. The predicted octanol–water partition coefficient (Wildman–Crippen LogP) is 2.56. The van der Waals surface area contributed by atoms with E-state index < -0.39 is 0 Å². The van der Waals surface area contributed by atoms with E-state index in [1.54, 1.807) is 0 Å². The molecule has 1 heterocycles. The Kier molecular flexibility index (Phi) is 1.71. The smallest absolute Gasteiger partial charge is 0.0634 e. The zero-order valence-corrected chi connectivity index (χ0v) is 7.47. The first kappa shape index (κ1) is 7.60. The second-order valence-corrected chi connectivity index (χ2v) is 4.45. The second kappa shape index (κ2) is 2.48. The van der Waals surface area contributed by atoms with Crippen molar-refractivity contribution < 1.29 is 4.74 Å². The van der Waals surface area contributed by atoms with Crippen molar-refractivity contribution in [2.45, 2.75) is 51.2 Å². The van der Waals surface area contributed by atoms with Crippen LogP contribution in [0.1, 0.15) is 39.5 Å². The van der Waals surface area contributed by atoms with Gasteiger partial charge in [0.2, 0.25) is 0 Å². The van der Waals surface area contributed by atoms with Crippen molar-refractivity contribution in [3.05, 3.63) is 6.42 Å². The summed E-state index contributed by atoms with van der Waals surface area (Å²) in [5.74, 6) is 0.763. The summed E-state index contributed by atoms with van der Waals surface area (Å²) in [4.78, 5) is 0. The summed E-state index contributed by atoms with van der Waals surface area (Å²) in [6.45, 7) is 4.42. The highest BCUT2D eigenvalue weighted by atomic mass is 16.5. The molecule has 0 amide bonds. The van der Waals surface area contributed by atoms with Crippen LogP contribution in [0.15, 0.2) is 0 Å². The van der Waals surface area contributed by atoms with Crippen LogP contribution in [-0.2, 0) is 4.74 Å². The number of hydrogen-bond acceptors (Lipinski definition) is 1. The third kappa shape index (κ3) is 1.44. The maximum Gasteiger partial charge on any atom is 0.0634 e. The lowest BCUT2D eigenvalue weighted by atomic mass is 9.84. The number of fused-ring (bicyclic) bond motifs is 1. The summed E-state index contributed by atoms with van der Waals surface area (Å²) < 4.78 is 5.92. The van der Waals surface area contributed by atoms with Gasteiger partial charge in [0.25, 0.3) is 0 Å². The Bertz CT molecular complexity index is 135. The molecule has 1 heteroatoms. The maximum absolute atomic E-state index is 5.92. The normalized spacial score (nSPS) is 42.0. The van der Waals surface area contributed by atoms with Crippen molar-refractivity contribution in [2.75, 3.05) is 0 Å². The minimum Gasteiger partial charge on any atom is -0.372 e. The molecule has 0 spiro atoms. The first-order valence-electron chi connectivity index (χ1n) is 4.68. The molecule has 0 N–H and O–H groups in total. The molecule has 1 radical (unpaired) electrons. The standard InChI is InChI=1S/C10H17O/c1-10(2)7-8-5-3-4-6-9(8)11-10/h5,8-9H,3-4,6-7H2,1-2H3. The maximum atomic E-state index is 5.92. The first-order chi connectivity index (χ1) is 5.17. The van der Waals surface area contributed by atoms with E-state index in [2.05, 4.69) is 20.3 Å². The molecule has 0 aromatic carbocycles. The van der Waals surface area contributed by atoms with Crippen LogP contribution in [0.25, 0.3) is 0 Å². The number of hydrogen-bond donors (Lipinski definition) is 0. The van der Waals surface area contributed by atoms with E-state index in [0.717, 1.165) is 5.92 Å². The molecule has 2 atom stereocenters. The largest absolute Gasteiger partial charge is 0.372 e. The molecule has 1 aliphatic carbocycles. The minimum absolute atomic E-state index is 0.149. The van der Waals surface area contributed by atoms with Gasteiger partial charge in [-0.3, -0.25) is 0 Å². The van der Waals surface area contributed by atoms with Crippen LogP contribution >= 0.6 is 0 Å². The van der Waals surface area contributed by atoms with Gasteiger partial charge in [-0.15, -0.1) is 0 Å². The lowest BCUT2D eigenvalue weighted by Gasteiger charge is -2.23. The Morgan fingerprint density at radius 3 is 3.00 bits per heavy atom. The lowest BCUT2D eigenvalue weighted by molar-refractivity contribution is -0.0263. The van der Waals surface area contributed by atoms with Crippen LogP contribution in [0.5, 0.6) is 0 Å². The van der Waals surface area contributed by atoms with Crippen molar-refractivity contribution in [3.8, 4) is 0 Å². The van der Waals surface area contributed by atoms with Crippen molar-refractivity contribution in [2.24, 2.45) is 5.92 Å². The van der Waals surface area contributed by atoms with Crippen molar-refractivity contribution in [1.29, 1.82) is 0 Å². The SMILES string of the molecule is CC1(C)CC2[CH]CCCC2O1. The van der Waals surface area contributed by atoms with Gasteiger partial charge < -0.3 is 4.74 Å². The molecule has 1 aliphatic heterocycles. The molecule has 0 bridgehead atoms. The van der Waals surface area contributed by atoms with E-state index in [0.29, 0.717) is 6.10 Å². The van der Waals surface area contributed by atoms with E-state index in [1.807, 2.05) is 0 Å².